The Bertz CT molecular complexity index is 737. The summed E-state index contributed by atoms with van der Waals surface area (Å²) in [6.45, 7) is 0.336. The molecule has 7 nitrogen and oxygen atoms in total. The number of ether oxygens (including phenoxy) is 1. The predicted molar refractivity (Wildman–Crippen MR) is 102 cm³/mol. The number of para-hydroxylation sites is 1. The number of sulfone groups is 1. The predicted octanol–water partition coefficient (Wildman–Crippen LogP) is 0.804. The van der Waals surface area contributed by atoms with Crippen molar-refractivity contribution in [1.82, 2.24) is 10.2 Å². The Hall–Kier alpha value is -1.74. The van der Waals surface area contributed by atoms with Crippen molar-refractivity contribution >= 4 is 33.4 Å². The van der Waals surface area contributed by atoms with E-state index in [0.717, 1.165) is 0 Å². The van der Waals surface area contributed by atoms with E-state index in [4.69, 9.17) is 4.74 Å². The first-order valence-corrected chi connectivity index (χ1v) is 11.5. The van der Waals surface area contributed by atoms with Crippen LogP contribution in [-0.4, -0.2) is 74.9 Å². The molecule has 2 amide bonds. The van der Waals surface area contributed by atoms with Crippen molar-refractivity contribution in [3.63, 3.8) is 0 Å². The van der Waals surface area contributed by atoms with Gasteiger partial charge < -0.3 is 15.0 Å². The van der Waals surface area contributed by atoms with E-state index >= 15 is 0 Å². The molecule has 0 bridgehead atoms. The number of benzene rings is 1. The fourth-order valence-electron chi connectivity index (χ4n) is 2.71. The Morgan fingerprint density at radius 3 is 2.54 bits per heavy atom. The van der Waals surface area contributed by atoms with E-state index in [1.807, 2.05) is 6.26 Å². The average molecular weight is 401 g/mol. The van der Waals surface area contributed by atoms with Crippen LogP contribution in [0.4, 0.5) is 0 Å². The van der Waals surface area contributed by atoms with Crippen LogP contribution in [0, 0.1) is 0 Å². The minimum absolute atomic E-state index is 0.0333. The van der Waals surface area contributed by atoms with Gasteiger partial charge in [0.15, 0.2) is 9.84 Å². The second-order valence-electron chi connectivity index (χ2n) is 5.98. The van der Waals surface area contributed by atoms with Gasteiger partial charge >= 0.3 is 0 Å². The molecule has 2 rings (SSSR count). The molecule has 1 fully saturated rings. The van der Waals surface area contributed by atoms with Gasteiger partial charge in [0, 0.05) is 13.1 Å². The third-order valence-electron chi connectivity index (χ3n) is 4.22. The van der Waals surface area contributed by atoms with Crippen molar-refractivity contribution in [2.45, 2.75) is 12.5 Å². The minimum atomic E-state index is -3.07. The summed E-state index contributed by atoms with van der Waals surface area (Å²) in [5.41, 5.74) is 0.359. The molecule has 1 atom stereocenters. The van der Waals surface area contributed by atoms with Gasteiger partial charge in [-0.2, -0.15) is 11.8 Å². The van der Waals surface area contributed by atoms with Crippen molar-refractivity contribution in [1.29, 1.82) is 0 Å². The normalized spacial score (nSPS) is 17.4. The Labute approximate surface area is 158 Å². The number of methoxy groups -OCH3 is 1. The zero-order valence-corrected chi connectivity index (χ0v) is 16.6. The van der Waals surface area contributed by atoms with Gasteiger partial charge in [0.25, 0.3) is 5.91 Å². The summed E-state index contributed by atoms with van der Waals surface area (Å²) in [6.07, 6.45) is 2.40. The number of hydrogen-bond donors (Lipinski definition) is 1. The topological polar surface area (TPSA) is 92.8 Å². The Balaban J connectivity index is 2.11. The molecule has 0 saturated carbocycles. The molecule has 1 aliphatic heterocycles. The van der Waals surface area contributed by atoms with Crippen LogP contribution >= 0.6 is 11.8 Å². The summed E-state index contributed by atoms with van der Waals surface area (Å²) in [6, 6.07) is 6.12. The molecule has 0 aliphatic carbocycles. The molecule has 0 radical (unpaired) electrons. The summed E-state index contributed by atoms with van der Waals surface area (Å²) in [5.74, 6) is 0.450. The van der Waals surface area contributed by atoms with Crippen molar-refractivity contribution in [2.24, 2.45) is 0 Å². The van der Waals surface area contributed by atoms with Gasteiger partial charge in [0.2, 0.25) is 5.91 Å². The number of carbonyl (C=O) groups excluding carboxylic acids is 2. The lowest BCUT2D eigenvalue weighted by molar-refractivity contribution is -0.133. The monoisotopic (exact) mass is 400 g/mol. The fourth-order valence-corrected chi connectivity index (χ4v) is 4.39. The third-order valence-corrected chi connectivity index (χ3v) is 6.47. The summed E-state index contributed by atoms with van der Waals surface area (Å²) in [5, 5.41) is 2.79. The molecule has 1 aromatic rings. The fraction of sp³-hybridized carbons (Fsp3) is 0.529. The van der Waals surface area contributed by atoms with Crippen molar-refractivity contribution in [2.75, 3.05) is 43.7 Å². The SMILES string of the molecule is COc1ccccc1C(=O)NC(CCSC)C(=O)N1CCS(=O)(=O)CC1. The second kappa shape index (κ2) is 9.27. The maximum atomic E-state index is 12.8. The number of nitrogens with one attached hydrogen (secondary N) is 1. The van der Waals surface area contributed by atoms with Crippen LogP contribution < -0.4 is 10.1 Å². The molecule has 0 aromatic heterocycles. The lowest BCUT2D eigenvalue weighted by Crippen LogP contribution is -2.53. The summed E-state index contributed by atoms with van der Waals surface area (Å²) in [4.78, 5) is 27.0. The number of carbonyl (C=O) groups is 2. The number of rotatable bonds is 7. The van der Waals surface area contributed by atoms with E-state index < -0.39 is 15.9 Å². The van der Waals surface area contributed by atoms with Gasteiger partial charge in [-0.1, -0.05) is 12.1 Å². The maximum absolute atomic E-state index is 12.8. The van der Waals surface area contributed by atoms with Crippen LogP contribution in [0.3, 0.4) is 0 Å². The highest BCUT2D eigenvalue weighted by Gasteiger charge is 2.31. The first kappa shape index (κ1) is 20.6. The van der Waals surface area contributed by atoms with Crippen molar-refractivity contribution in [3.8, 4) is 5.75 Å². The van der Waals surface area contributed by atoms with Crippen LogP contribution in [0.2, 0.25) is 0 Å². The second-order valence-corrected chi connectivity index (χ2v) is 9.27. The van der Waals surface area contributed by atoms with Crippen molar-refractivity contribution < 1.29 is 22.7 Å². The van der Waals surface area contributed by atoms with E-state index in [0.29, 0.717) is 23.5 Å². The standard InChI is InChI=1S/C17H24N2O5S2/c1-24-15-6-4-3-5-13(15)16(20)18-14(7-10-25-2)17(21)19-8-11-26(22,23)12-9-19/h3-6,14H,7-12H2,1-2H3,(H,18,20). The zero-order valence-electron chi connectivity index (χ0n) is 14.9. The van der Waals surface area contributed by atoms with Gasteiger partial charge in [-0.15, -0.1) is 0 Å². The molecule has 26 heavy (non-hydrogen) atoms. The molecule has 144 valence electrons. The first-order valence-electron chi connectivity index (χ1n) is 8.30. The molecular weight excluding hydrogens is 376 g/mol. The van der Waals surface area contributed by atoms with E-state index in [9.17, 15) is 18.0 Å². The van der Waals surface area contributed by atoms with E-state index in [-0.39, 0.29) is 36.4 Å². The summed E-state index contributed by atoms with van der Waals surface area (Å²) >= 11 is 1.58. The third kappa shape index (κ3) is 5.38. The molecule has 1 aromatic carbocycles. The van der Waals surface area contributed by atoms with Crippen LogP contribution in [0.25, 0.3) is 0 Å². The van der Waals surface area contributed by atoms with Crippen LogP contribution in [0.5, 0.6) is 5.75 Å². The molecule has 1 unspecified atom stereocenters. The van der Waals surface area contributed by atoms with E-state index in [1.54, 1.807) is 36.0 Å². The summed E-state index contributed by atoms with van der Waals surface area (Å²) < 4.78 is 28.3. The van der Waals surface area contributed by atoms with Crippen LogP contribution in [0.15, 0.2) is 24.3 Å². The minimum Gasteiger partial charge on any atom is -0.496 e. The lowest BCUT2D eigenvalue weighted by Gasteiger charge is -2.30. The largest absolute Gasteiger partial charge is 0.496 e. The zero-order chi connectivity index (χ0) is 19.2. The van der Waals surface area contributed by atoms with Gasteiger partial charge in [0.1, 0.15) is 11.8 Å². The van der Waals surface area contributed by atoms with Gasteiger partial charge in [-0.25, -0.2) is 8.42 Å². The van der Waals surface area contributed by atoms with Crippen LogP contribution in [-0.2, 0) is 14.6 Å². The molecule has 1 heterocycles. The maximum Gasteiger partial charge on any atom is 0.255 e. The lowest BCUT2D eigenvalue weighted by atomic mass is 10.1. The van der Waals surface area contributed by atoms with Crippen molar-refractivity contribution in [3.05, 3.63) is 29.8 Å². The molecule has 0 spiro atoms. The van der Waals surface area contributed by atoms with Gasteiger partial charge in [0.05, 0.1) is 24.2 Å². The van der Waals surface area contributed by atoms with E-state index in [2.05, 4.69) is 5.32 Å². The Morgan fingerprint density at radius 1 is 1.27 bits per heavy atom. The van der Waals surface area contributed by atoms with Gasteiger partial charge in [-0.3, -0.25) is 9.59 Å². The molecule has 1 aliphatic rings. The number of nitrogens with zero attached hydrogens (tertiary/aromatic N) is 1. The smallest absolute Gasteiger partial charge is 0.255 e. The Kier molecular flexibility index (Phi) is 7.33. The Morgan fingerprint density at radius 2 is 1.92 bits per heavy atom. The molecule has 9 heteroatoms. The highest BCUT2D eigenvalue weighted by molar-refractivity contribution is 7.98. The first-order chi connectivity index (χ1) is 12.4. The number of hydrogen-bond acceptors (Lipinski definition) is 6. The molecular formula is C17H24N2O5S2. The average Bonchev–Trinajstić information content (AvgIpc) is 2.64. The number of thioether (sulfide) groups is 1. The van der Waals surface area contributed by atoms with Crippen LogP contribution in [0.1, 0.15) is 16.8 Å². The summed E-state index contributed by atoms with van der Waals surface area (Å²) in [7, 11) is -1.59. The van der Waals surface area contributed by atoms with E-state index in [1.165, 1.54) is 12.0 Å². The number of amides is 2. The molecule has 1 saturated heterocycles. The highest BCUT2D eigenvalue weighted by Crippen LogP contribution is 2.18. The quantitative estimate of drug-likeness (QED) is 0.728. The van der Waals surface area contributed by atoms with Gasteiger partial charge in [-0.05, 0) is 30.6 Å². The highest BCUT2D eigenvalue weighted by atomic mass is 32.2. The molecule has 1 N–H and O–H groups in total.